The van der Waals surface area contributed by atoms with Crippen molar-refractivity contribution in [1.82, 2.24) is 4.98 Å². The highest BCUT2D eigenvalue weighted by atomic mass is 79.9. The molecule has 0 spiro atoms. The van der Waals surface area contributed by atoms with E-state index in [4.69, 9.17) is 4.74 Å². The summed E-state index contributed by atoms with van der Waals surface area (Å²) in [7, 11) is 0. The summed E-state index contributed by atoms with van der Waals surface area (Å²) in [4.78, 5) is 4.24. The average molecular weight is 356 g/mol. The van der Waals surface area contributed by atoms with Crippen LogP contribution in [-0.4, -0.2) is 22.9 Å². The molecule has 0 aliphatic rings. The number of nitrogens with one attached hydrogen (secondary N) is 1. The first-order chi connectivity index (χ1) is 9.60. The van der Waals surface area contributed by atoms with Crippen molar-refractivity contribution in [3.8, 4) is 11.5 Å². The average Bonchev–Trinajstić information content (AvgIpc) is 2.81. The minimum atomic E-state index is 0.0903. The number of nitrogens with zero attached hydrogens (tertiary/aromatic N) is 2. The van der Waals surface area contributed by atoms with Crippen LogP contribution in [0.1, 0.15) is 18.2 Å². The third kappa shape index (κ3) is 3.71. The predicted octanol–water partition coefficient (Wildman–Crippen LogP) is 3.76. The SMILES string of the molecule is CCOc1cc(/C=N\Nc2nc(C)cs2)cc(Br)c1O. The molecule has 0 aliphatic carbocycles. The molecule has 5 nitrogen and oxygen atoms in total. The van der Waals surface area contributed by atoms with Gasteiger partial charge in [0, 0.05) is 5.38 Å². The number of ether oxygens (including phenoxy) is 1. The lowest BCUT2D eigenvalue weighted by Gasteiger charge is -2.08. The zero-order valence-electron chi connectivity index (χ0n) is 11.1. The third-order valence-corrected chi connectivity index (χ3v) is 3.81. The number of rotatable bonds is 5. The molecule has 0 unspecified atom stereocenters. The van der Waals surface area contributed by atoms with E-state index < -0.39 is 0 Å². The summed E-state index contributed by atoms with van der Waals surface area (Å²) < 4.78 is 5.92. The molecule has 0 radical (unpaired) electrons. The minimum Gasteiger partial charge on any atom is -0.503 e. The molecule has 0 fully saturated rings. The topological polar surface area (TPSA) is 66.7 Å². The molecule has 20 heavy (non-hydrogen) atoms. The van der Waals surface area contributed by atoms with Crippen molar-refractivity contribution in [2.24, 2.45) is 5.10 Å². The summed E-state index contributed by atoms with van der Waals surface area (Å²) >= 11 is 4.78. The van der Waals surface area contributed by atoms with Gasteiger partial charge in [-0.3, -0.25) is 5.43 Å². The van der Waals surface area contributed by atoms with Crippen molar-refractivity contribution in [3.63, 3.8) is 0 Å². The van der Waals surface area contributed by atoms with E-state index in [0.717, 1.165) is 16.4 Å². The predicted molar refractivity (Wildman–Crippen MR) is 85.0 cm³/mol. The number of aryl methyl sites for hydroxylation is 1. The van der Waals surface area contributed by atoms with Crippen molar-refractivity contribution >= 4 is 38.6 Å². The maximum absolute atomic E-state index is 9.82. The van der Waals surface area contributed by atoms with Gasteiger partial charge in [-0.15, -0.1) is 11.3 Å². The highest BCUT2D eigenvalue weighted by Crippen LogP contribution is 2.35. The highest BCUT2D eigenvalue weighted by molar-refractivity contribution is 9.10. The van der Waals surface area contributed by atoms with Gasteiger partial charge in [-0.1, -0.05) is 0 Å². The number of aromatic hydroxyl groups is 1. The van der Waals surface area contributed by atoms with E-state index in [1.165, 1.54) is 11.3 Å². The lowest BCUT2D eigenvalue weighted by Crippen LogP contribution is -1.95. The lowest BCUT2D eigenvalue weighted by molar-refractivity contribution is 0.317. The van der Waals surface area contributed by atoms with Gasteiger partial charge in [0.05, 0.1) is 23.0 Å². The Morgan fingerprint density at radius 2 is 2.35 bits per heavy atom. The summed E-state index contributed by atoms with van der Waals surface area (Å²) in [5.41, 5.74) is 4.62. The Morgan fingerprint density at radius 3 is 3.00 bits per heavy atom. The molecule has 2 N–H and O–H groups in total. The maximum Gasteiger partial charge on any atom is 0.203 e. The van der Waals surface area contributed by atoms with E-state index >= 15 is 0 Å². The number of hydrogen-bond acceptors (Lipinski definition) is 6. The number of phenolic OH excluding ortho intramolecular Hbond substituents is 1. The molecule has 1 aromatic carbocycles. The number of hydrogen-bond donors (Lipinski definition) is 2. The van der Waals surface area contributed by atoms with Gasteiger partial charge in [0.2, 0.25) is 5.13 Å². The van der Waals surface area contributed by atoms with Crippen molar-refractivity contribution in [2.45, 2.75) is 13.8 Å². The summed E-state index contributed by atoms with van der Waals surface area (Å²) in [5.74, 6) is 0.515. The normalized spacial score (nSPS) is 10.9. The van der Waals surface area contributed by atoms with Gasteiger partial charge in [0.25, 0.3) is 0 Å². The van der Waals surface area contributed by atoms with Crippen molar-refractivity contribution in [3.05, 3.63) is 33.2 Å². The van der Waals surface area contributed by atoms with E-state index in [0.29, 0.717) is 16.8 Å². The molecule has 0 saturated heterocycles. The number of halogens is 1. The molecule has 0 atom stereocenters. The molecule has 0 aliphatic heterocycles. The van der Waals surface area contributed by atoms with E-state index in [1.807, 2.05) is 19.2 Å². The number of benzene rings is 1. The Labute approximate surface area is 129 Å². The molecular weight excluding hydrogens is 342 g/mol. The van der Waals surface area contributed by atoms with Crippen molar-refractivity contribution in [2.75, 3.05) is 12.0 Å². The van der Waals surface area contributed by atoms with E-state index in [9.17, 15) is 5.11 Å². The smallest absolute Gasteiger partial charge is 0.203 e. The fourth-order valence-corrected chi connectivity index (χ4v) is 2.60. The van der Waals surface area contributed by atoms with Gasteiger partial charge >= 0.3 is 0 Å². The molecule has 0 amide bonds. The van der Waals surface area contributed by atoms with Crippen LogP contribution in [0.5, 0.6) is 11.5 Å². The van der Waals surface area contributed by atoms with Crippen LogP contribution in [0.15, 0.2) is 27.1 Å². The van der Waals surface area contributed by atoms with Gasteiger partial charge in [0.1, 0.15) is 0 Å². The molecule has 1 aromatic heterocycles. The van der Waals surface area contributed by atoms with Crippen LogP contribution in [0.2, 0.25) is 0 Å². The number of aromatic nitrogens is 1. The second kappa shape index (κ2) is 6.71. The molecule has 106 valence electrons. The lowest BCUT2D eigenvalue weighted by atomic mass is 10.2. The molecule has 2 aromatic rings. The standard InChI is InChI=1S/C13H14BrN3O2S/c1-3-19-11-5-9(4-10(14)12(11)18)6-15-17-13-16-8(2)7-20-13/h4-7,18H,3H2,1-2H3,(H,16,17)/b15-6-. The van der Waals surface area contributed by atoms with E-state index in [-0.39, 0.29) is 5.75 Å². The Kier molecular flexibility index (Phi) is 4.97. The van der Waals surface area contributed by atoms with E-state index in [2.05, 4.69) is 31.4 Å². The van der Waals surface area contributed by atoms with Crippen LogP contribution in [0.25, 0.3) is 0 Å². The number of anilines is 1. The largest absolute Gasteiger partial charge is 0.503 e. The van der Waals surface area contributed by atoms with Crippen LogP contribution in [-0.2, 0) is 0 Å². The first-order valence-corrected chi connectivity index (χ1v) is 7.64. The highest BCUT2D eigenvalue weighted by Gasteiger charge is 2.08. The molecule has 1 heterocycles. The zero-order valence-corrected chi connectivity index (χ0v) is 13.5. The summed E-state index contributed by atoms with van der Waals surface area (Å²) in [6, 6.07) is 3.48. The Balaban J connectivity index is 2.12. The quantitative estimate of drug-likeness (QED) is 0.632. The third-order valence-electron chi connectivity index (χ3n) is 2.34. The Hall–Kier alpha value is -1.60. The van der Waals surface area contributed by atoms with Gasteiger partial charge in [-0.25, -0.2) is 4.98 Å². The number of phenols is 1. The van der Waals surface area contributed by atoms with Gasteiger partial charge in [0.15, 0.2) is 11.5 Å². The summed E-state index contributed by atoms with van der Waals surface area (Å²) in [5, 5.41) is 16.6. The molecule has 7 heteroatoms. The Bertz CT molecular complexity index is 628. The first kappa shape index (κ1) is 14.8. The fraction of sp³-hybridized carbons (Fsp3) is 0.231. The monoisotopic (exact) mass is 355 g/mol. The Morgan fingerprint density at radius 1 is 1.55 bits per heavy atom. The molecular formula is C13H14BrN3O2S. The van der Waals surface area contributed by atoms with Crippen molar-refractivity contribution in [1.29, 1.82) is 0 Å². The summed E-state index contributed by atoms with van der Waals surface area (Å²) in [6.45, 7) is 4.27. The van der Waals surface area contributed by atoms with Crippen molar-refractivity contribution < 1.29 is 9.84 Å². The second-order valence-corrected chi connectivity index (χ2v) is 5.66. The molecule has 0 bridgehead atoms. The van der Waals surface area contributed by atoms with Gasteiger partial charge in [-0.05, 0) is 47.5 Å². The number of thiazole rings is 1. The van der Waals surface area contributed by atoms with Crippen LogP contribution >= 0.6 is 27.3 Å². The zero-order chi connectivity index (χ0) is 14.5. The maximum atomic E-state index is 9.82. The minimum absolute atomic E-state index is 0.0903. The van der Waals surface area contributed by atoms with Crippen LogP contribution in [0.4, 0.5) is 5.13 Å². The van der Waals surface area contributed by atoms with Crippen LogP contribution in [0, 0.1) is 6.92 Å². The van der Waals surface area contributed by atoms with Crippen LogP contribution in [0.3, 0.4) is 0 Å². The summed E-state index contributed by atoms with van der Waals surface area (Å²) in [6.07, 6.45) is 1.64. The number of hydrazone groups is 1. The molecule has 2 rings (SSSR count). The second-order valence-electron chi connectivity index (χ2n) is 3.95. The van der Waals surface area contributed by atoms with Crippen LogP contribution < -0.4 is 10.2 Å². The molecule has 0 saturated carbocycles. The fourth-order valence-electron chi connectivity index (χ4n) is 1.50. The first-order valence-electron chi connectivity index (χ1n) is 5.96. The van der Waals surface area contributed by atoms with E-state index in [1.54, 1.807) is 18.3 Å². The van der Waals surface area contributed by atoms with Gasteiger partial charge in [-0.2, -0.15) is 5.10 Å². The van der Waals surface area contributed by atoms with Gasteiger partial charge < -0.3 is 9.84 Å².